The third-order valence-electron chi connectivity index (χ3n) is 4.43. The molecule has 6 nitrogen and oxygen atoms in total. The van der Waals surface area contributed by atoms with Crippen molar-refractivity contribution in [3.05, 3.63) is 77.4 Å². The van der Waals surface area contributed by atoms with E-state index in [4.69, 9.17) is 5.73 Å². The Morgan fingerprint density at radius 2 is 2.07 bits per heavy atom. The second-order valence-electron chi connectivity index (χ2n) is 6.43. The maximum Gasteiger partial charge on any atom is 0.0963 e. The fraction of sp³-hybridized carbons (Fsp3) is 0.143. The Labute approximate surface area is 157 Å². The van der Waals surface area contributed by atoms with Crippen molar-refractivity contribution < 1.29 is 0 Å². The van der Waals surface area contributed by atoms with Crippen LogP contribution in [0.25, 0.3) is 5.70 Å². The molecule has 1 aliphatic heterocycles. The van der Waals surface area contributed by atoms with Crippen LogP contribution in [0, 0.1) is 11.8 Å². The number of nitrogen functional groups attached to an aromatic ring is 1. The molecule has 0 amide bonds. The lowest BCUT2D eigenvalue weighted by Gasteiger charge is -2.18. The van der Waals surface area contributed by atoms with Crippen LogP contribution in [0.15, 0.2) is 49.4 Å². The quantitative estimate of drug-likeness (QED) is 0.541. The van der Waals surface area contributed by atoms with Gasteiger partial charge < -0.3 is 16.4 Å². The van der Waals surface area contributed by atoms with Gasteiger partial charge >= 0.3 is 0 Å². The molecule has 3 heterocycles. The van der Waals surface area contributed by atoms with E-state index in [-0.39, 0.29) is 0 Å². The number of aromatic nitrogens is 3. The van der Waals surface area contributed by atoms with Crippen LogP contribution in [0.5, 0.6) is 0 Å². The molecule has 0 atom stereocenters. The average molecular weight is 356 g/mol. The maximum absolute atomic E-state index is 5.74. The molecule has 2 aromatic heterocycles. The SMILES string of the molecule is C=C(Nc1ccc2c(c1)CCNC2)c1[nH]ncc1C#Cc1cncc(N)c1. The number of H-pyrrole nitrogens is 1. The number of anilines is 2. The van der Waals surface area contributed by atoms with Gasteiger partial charge in [-0.2, -0.15) is 5.10 Å². The van der Waals surface area contributed by atoms with Gasteiger partial charge in [0.05, 0.1) is 28.8 Å². The molecule has 3 aromatic rings. The fourth-order valence-electron chi connectivity index (χ4n) is 3.07. The largest absolute Gasteiger partial charge is 0.397 e. The van der Waals surface area contributed by atoms with Gasteiger partial charge in [0, 0.05) is 30.2 Å². The molecule has 4 rings (SSSR count). The van der Waals surface area contributed by atoms with E-state index in [0.29, 0.717) is 5.69 Å². The number of fused-ring (bicyclic) bond motifs is 1. The smallest absolute Gasteiger partial charge is 0.0963 e. The van der Waals surface area contributed by atoms with Gasteiger partial charge in [0.1, 0.15) is 0 Å². The molecule has 0 saturated heterocycles. The lowest BCUT2D eigenvalue weighted by atomic mass is 10.0. The van der Waals surface area contributed by atoms with Gasteiger partial charge in [-0.25, -0.2) is 0 Å². The standard InChI is InChI=1S/C21H20N6/c1-14(26-20-5-4-17-11-23-7-6-16(17)9-20)21-18(12-25-27-21)3-2-15-8-19(22)13-24-10-15/h4-5,8-10,12-13,23,26H,1,6-7,11,22H2,(H,25,27). The first-order valence-corrected chi connectivity index (χ1v) is 8.74. The lowest BCUT2D eigenvalue weighted by molar-refractivity contribution is 0.644. The highest BCUT2D eigenvalue weighted by Crippen LogP contribution is 2.23. The highest BCUT2D eigenvalue weighted by molar-refractivity contribution is 5.76. The summed E-state index contributed by atoms with van der Waals surface area (Å²) in [6.45, 7) is 6.08. The monoisotopic (exact) mass is 356 g/mol. The molecule has 0 fully saturated rings. The molecule has 1 aliphatic rings. The summed E-state index contributed by atoms with van der Waals surface area (Å²) in [5.74, 6) is 6.16. The van der Waals surface area contributed by atoms with Crippen molar-refractivity contribution in [2.24, 2.45) is 0 Å². The average Bonchev–Trinajstić information content (AvgIpc) is 3.15. The predicted octanol–water partition coefficient (Wildman–Crippen LogP) is 2.52. The van der Waals surface area contributed by atoms with Gasteiger partial charge in [0.15, 0.2) is 0 Å². The second kappa shape index (κ2) is 7.36. The first-order chi connectivity index (χ1) is 13.2. The molecule has 0 radical (unpaired) electrons. The van der Waals surface area contributed by atoms with Gasteiger partial charge in [-0.15, -0.1) is 0 Å². The normalized spacial score (nSPS) is 12.6. The molecule has 0 aliphatic carbocycles. The second-order valence-corrected chi connectivity index (χ2v) is 6.43. The summed E-state index contributed by atoms with van der Waals surface area (Å²) in [6.07, 6.45) is 5.99. The van der Waals surface area contributed by atoms with Crippen LogP contribution in [-0.4, -0.2) is 21.7 Å². The molecule has 0 spiro atoms. The molecule has 134 valence electrons. The molecule has 5 N–H and O–H groups in total. The molecule has 1 aromatic carbocycles. The van der Waals surface area contributed by atoms with E-state index in [1.165, 1.54) is 11.1 Å². The van der Waals surface area contributed by atoms with E-state index < -0.39 is 0 Å². The van der Waals surface area contributed by atoms with Crippen molar-refractivity contribution in [1.82, 2.24) is 20.5 Å². The Morgan fingerprint density at radius 1 is 1.15 bits per heavy atom. The van der Waals surface area contributed by atoms with Crippen molar-refractivity contribution in [2.75, 3.05) is 17.6 Å². The number of benzene rings is 1. The number of nitrogens with one attached hydrogen (secondary N) is 3. The first kappa shape index (κ1) is 16.9. The maximum atomic E-state index is 5.74. The minimum atomic E-state index is 0.586. The Hall–Kier alpha value is -3.56. The Balaban J connectivity index is 1.53. The van der Waals surface area contributed by atoms with Gasteiger partial charge in [-0.1, -0.05) is 24.5 Å². The van der Waals surface area contributed by atoms with Gasteiger partial charge in [-0.3, -0.25) is 10.1 Å². The van der Waals surface area contributed by atoms with Crippen molar-refractivity contribution >= 4 is 17.1 Å². The molecular formula is C21H20N6. The number of nitrogens with zero attached hydrogens (tertiary/aromatic N) is 2. The van der Waals surface area contributed by atoms with Crippen LogP contribution in [0.3, 0.4) is 0 Å². The Bertz CT molecular complexity index is 1050. The number of rotatable bonds is 3. The van der Waals surface area contributed by atoms with Gasteiger partial charge in [0.25, 0.3) is 0 Å². The van der Waals surface area contributed by atoms with Crippen LogP contribution < -0.4 is 16.4 Å². The summed E-state index contributed by atoms with van der Waals surface area (Å²) >= 11 is 0. The van der Waals surface area contributed by atoms with Gasteiger partial charge in [0.2, 0.25) is 0 Å². The van der Waals surface area contributed by atoms with E-state index in [2.05, 4.69) is 62.4 Å². The lowest BCUT2D eigenvalue weighted by Crippen LogP contribution is -2.23. The summed E-state index contributed by atoms with van der Waals surface area (Å²) in [5, 5.41) is 13.8. The predicted molar refractivity (Wildman–Crippen MR) is 108 cm³/mol. The Morgan fingerprint density at radius 3 is 2.96 bits per heavy atom. The number of nitrogens with two attached hydrogens (primary N) is 1. The third kappa shape index (κ3) is 3.84. The van der Waals surface area contributed by atoms with E-state index in [1.54, 1.807) is 24.7 Å². The number of aromatic amines is 1. The van der Waals surface area contributed by atoms with Crippen LogP contribution in [0.4, 0.5) is 11.4 Å². The van der Waals surface area contributed by atoms with Crippen molar-refractivity contribution in [3.8, 4) is 11.8 Å². The number of pyridine rings is 1. The summed E-state index contributed by atoms with van der Waals surface area (Å²) in [6, 6.07) is 8.19. The third-order valence-corrected chi connectivity index (χ3v) is 4.43. The molecule has 0 saturated carbocycles. The van der Waals surface area contributed by atoms with Crippen molar-refractivity contribution in [3.63, 3.8) is 0 Å². The van der Waals surface area contributed by atoms with Crippen LogP contribution in [-0.2, 0) is 13.0 Å². The molecular weight excluding hydrogens is 336 g/mol. The highest BCUT2D eigenvalue weighted by Gasteiger charge is 2.11. The van der Waals surface area contributed by atoms with Crippen LogP contribution in [0.1, 0.15) is 27.9 Å². The zero-order valence-corrected chi connectivity index (χ0v) is 14.8. The molecule has 0 unspecified atom stereocenters. The molecule has 27 heavy (non-hydrogen) atoms. The first-order valence-electron chi connectivity index (χ1n) is 8.74. The van der Waals surface area contributed by atoms with Crippen LogP contribution >= 0.6 is 0 Å². The summed E-state index contributed by atoms with van der Waals surface area (Å²) < 4.78 is 0. The van der Waals surface area contributed by atoms with E-state index >= 15 is 0 Å². The Kier molecular flexibility index (Phi) is 4.60. The summed E-state index contributed by atoms with van der Waals surface area (Å²) in [4.78, 5) is 4.05. The topological polar surface area (TPSA) is 91.6 Å². The van der Waals surface area contributed by atoms with Crippen molar-refractivity contribution in [2.45, 2.75) is 13.0 Å². The zero-order valence-electron chi connectivity index (χ0n) is 14.8. The minimum absolute atomic E-state index is 0.586. The van der Waals surface area contributed by atoms with Crippen molar-refractivity contribution in [1.29, 1.82) is 0 Å². The summed E-state index contributed by atoms with van der Waals surface area (Å²) in [7, 11) is 0. The minimum Gasteiger partial charge on any atom is -0.397 e. The molecule has 6 heteroatoms. The van der Waals surface area contributed by atoms with E-state index in [0.717, 1.165) is 47.7 Å². The molecule has 0 bridgehead atoms. The van der Waals surface area contributed by atoms with E-state index in [9.17, 15) is 0 Å². The zero-order chi connectivity index (χ0) is 18.6. The number of hydrogen-bond acceptors (Lipinski definition) is 5. The highest BCUT2D eigenvalue weighted by atomic mass is 15.1. The van der Waals surface area contributed by atoms with Crippen LogP contribution in [0.2, 0.25) is 0 Å². The summed E-state index contributed by atoms with van der Waals surface area (Å²) in [5.41, 5.74) is 13.0. The van der Waals surface area contributed by atoms with E-state index in [1.807, 2.05) is 0 Å². The fourth-order valence-corrected chi connectivity index (χ4v) is 3.07. The van der Waals surface area contributed by atoms with Gasteiger partial charge in [-0.05, 0) is 42.3 Å². The number of hydrogen-bond donors (Lipinski definition) is 4.